The van der Waals surface area contributed by atoms with E-state index in [1.165, 1.54) is 12.8 Å². The molecule has 0 heterocycles. The van der Waals surface area contributed by atoms with Crippen molar-refractivity contribution >= 4 is 18.3 Å². The van der Waals surface area contributed by atoms with Crippen molar-refractivity contribution in [3.8, 4) is 0 Å². The van der Waals surface area contributed by atoms with Crippen molar-refractivity contribution in [1.82, 2.24) is 0 Å². The molecular weight excluding hydrogens is 203 g/mol. The number of hydrogen-bond donors (Lipinski definition) is 0. The molecule has 0 bridgehead atoms. The van der Waals surface area contributed by atoms with Crippen LogP contribution in [0.25, 0.3) is 0 Å². The van der Waals surface area contributed by atoms with Gasteiger partial charge in [0.15, 0.2) is 6.49 Å². The second kappa shape index (κ2) is 7.93. The van der Waals surface area contributed by atoms with E-state index in [1.54, 1.807) is 0 Å². The Morgan fingerprint density at radius 1 is 1.00 bits per heavy atom. The van der Waals surface area contributed by atoms with Gasteiger partial charge in [0.2, 0.25) is 0 Å². The standard InChI is InChI=1S/C9H21O2PS/c1-4-7-8-9-12(13,10-5-2)11-6-3/h4-9H2,1-3H3. The van der Waals surface area contributed by atoms with Gasteiger partial charge in [0, 0.05) is 6.16 Å². The van der Waals surface area contributed by atoms with E-state index in [1.807, 2.05) is 13.8 Å². The van der Waals surface area contributed by atoms with Crippen LogP contribution in [-0.4, -0.2) is 19.4 Å². The fourth-order valence-electron chi connectivity index (χ4n) is 1.12. The Morgan fingerprint density at radius 2 is 1.54 bits per heavy atom. The first-order valence-corrected chi connectivity index (χ1v) is 7.89. The minimum atomic E-state index is -1.92. The second-order valence-electron chi connectivity index (χ2n) is 2.88. The van der Waals surface area contributed by atoms with Gasteiger partial charge in [0.1, 0.15) is 0 Å². The lowest BCUT2D eigenvalue weighted by Crippen LogP contribution is -1.99. The summed E-state index contributed by atoms with van der Waals surface area (Å²) in [4.78, 5) is 0. The summed E-state index contributed by atoms with van der Waals surface area (Å²) in [5.41, 5.74) is 0. The van der Waals surface area contributed by atoms with Gasteiger partial charge in [-0.3, -0.25) is 0 Å². The molecule has 0 fully saturated rings. The molecule has 0 rings (SSSR count). The highest BCUT2D eigenvalue weighted by molar-refractivity contribution is 8.09. The summed E-state index contributed by atoms with van der Waals surface area (Å²) in [6, 6.07) is 0. The Kier molecular flexibility index (Phi) is 8.27. The Morgan fingerprint density at radius 3 is 1.92 bits per heavy atom. The van der Waals surface area contributed by atoms with E-state index in [2.05, 4.69) is 6.92 Å². The number of hydrogen-bond acceptors (Lipinski definition) is 3. The van der Waals surface area contributed by atoms with E-state index in [4.69, 9.17) is 20.9 Å². The maximum absolute atomic E-state index is 5.52. The molecule has 0 amide bonds. The largest absolute Gasteiger partial charge is 0.330 e. The van der Waals surface area contributed by atoms with Crippen molar-refractivity contribution < 1.29 is 9.05 Å². The molecule has 0 radical (unpaired) electrons. The van der Waals surface area contributed by atoms with E-state index in [0.29, 0.717) is 13.2 Å². The maximum atomic E-state index is 5.52. The predicted molar refractivity (Wildman–Crippen MR) is 61.9 cm³/mol. The second-order valence-corrected chi connectivity index (χ2v) is 6.73. The smallest absolute Gasteiger partial charge is 0.188 e. The molecule has 0 saturated carbocycles. The highest BCUT2D eigenvalue weighted by Crippen LogP contribution is 2.49. The van der Waals surface area contributed by atoms with Gasteiger partial charge in [-0.1, -0.05) is 19.8 Å². The summed E-state index contributed by atoms with van der Waals surface area (Å²) in [5.74, 6) is 0. The molecule has 80 valence electrons. The Balaban J connectivity index is 3.85. The molecule has 0 unspecified atom stereocenters. The van der Waals surface area contributed by atoms with Gasteiger partial charge in [-0.15, -0.1) is 0 Å². The Bertz CT molecular complexity index is 152. The molecule has 0 saturated heterocycles. The summed E-state index contributed by atoms with van der Waals surface area (Å²) in [7, 11) is 0. The van der Waals surface area contributed by atoms with Crippen LogP contribution in [0.1, 0.15) is 40.0 Å². The minimum Gasteiger partial charge on any atom is -0.330 e. The highest BCUT2D eigenvalue weighted by Gasteiger charge is 2.16. The lowest BCUT2D eigenvalue weighted by Gasteiger charge is -2.20. The van der Waals surface area contributed by atoms with Gasteiger partial charge in [0.05, 0.1) is 13.2 Å². The monoisotopic (exact) mass is 224 g/mol. The number of unbranched alkanes of at least 4 members (excludes halogenated alkanes) is 2. The highest BCUT2D eigenvalue weighted by atomic mass is 32.5. The fourth-order valence-corrected chi connectivity index (χ4v) is 3.87. The van der Waals surface area contributed by atoms with Crippen LogP contribution in [0.5, 0.6) is 0 Å². The molecule has 2 nitrogen and oxygen atoms in total. The molecular formula is C9H21O2PS. The van der Waals surface area contributed by atoms with Crippen LogP contribution >= 0.6 is 6.49 Å². The first kappa shape index (κ1) is 13.6. The fraction of sp³-hybridized carbons (Fsp3) is 1.00. The summed E-state index contributed by atoms with van der Waals surface area (Å²) < 4.78 is 11.0. The lowest BCUT2D eigenvalue weighted by molar-refractivity contribution is 0.266. The van der Waals surface area contributed by atoms with Crippen molar-refractivity contribution in [1.29, 1.82) is 0 Å². The molecule has 0 spiro atoms. The third kappa shape index (κ3) is 6.62. The SMILES string of the molecule is CCCCCP(=S)(OCC)OCC. The van der Waals surface area contributed by atoms with Crippen LogP contribution in [-0.2, 0) is 20.9 Å². The third-order valence-electron chi connectivity index (χ3n) is 1.69. The van der Waals surface area contributed by atoms with Crippen molar-refractivity contribution in [3.05, 3.63) is 0 Å². The molecule has 0 N–H and O–H groups in total. The van der Waals surface area contributed by atoms with Gasteiger partial charge >= 0.3 is 0 Å². The molecule has 0 aliphatic rings. The summed E-state index contributed by atoms with van der Waals surface area (Å²) in [5, 5.41) is 0. The topological polar surface area (TPSA) is 18.5 Å². The summed E-state index contributed by atoms with van der Waals surface area (Å²) >= 11 is 5.38. The average molecular weight is 224 g/mol. The zero-order chi connectivity index (χ0) is 10.2. The lowest BCUT2D eigenvalue weighted by atomic mass is 10.3. The maximum Gasteiger partial charge on any atom is 0.188 e. The van der Waals surface area contributed by atoms with E-state index in [0.717, 1.165) is 12.6 Å². The van der Waals surface area contributed by atoms with Crippen LogP contribution in [0.2, 0.25) is 0 Å². The van der Waals surface area contributed by atoms with Crippen LogP contribution < -0.4 is 0 Å². The van der Waals surface area contributed by atoms with E-state index in [9.17, 15) is 0 Å². The zero-order valence-corrected chi connectivity index (χ0v) is 10.6. The number of rotatable bonds is 8. The van der Waals surface area contributed by atoms with E-state index in [-0.39, 0.29) is 0 Å². The molecule has 0 atom stereocenters. The van der Waals surface area contributed by atoms with Crippen molar-refractivity contribution in [3.63, 3.8) is 0 Å². The van der Waals surface area contributed by atoms with Crippen LogP contribution in [0.15, 0.2) is 0 Å². The van der Waals surface area contributed by atoms with Crippen LogP contribution in [0.4, 0.5) is 0 Å². The molecule has 0 aromatic rings. The molecule has 4 heteroatoms. The van der Waals surface area contributed by atoms with Gasteiger partial charge in [-0.2, -0.15) is 0 Å². The van der Waals surface area contributed by atoms with Gasteiger partial charge in [-0.05, 0) is 32.1 Å². The Hall–Kier alpha value is 0.570. The van der Waals surface area contributed by atoms with Crippen molar-refractivity contribution in [2.45, 2.75) is 40.0 Å². The van der Waals surface area contributed by atoms with Crippen molar-refractivity contribution in [2.75, 3.05) is 19.4 Å². The van der Waals surface area contributed by atoms with Crippen LogP contribution in [0.3, 0.4) is 0 Å². The summed E-state index contributed by atoms with van der Waals surface area (Å²) in [6.07, 6.45) is 4.50. The van der Waals surface area contributed by atoms with Gasteiger partial charge < -0.3 is 9.05 Å². The first-order valence-electron chi connectivity index (χ1n) is 5.06. The molecule has 13 heavy (non-hydrogen) atoms. The van der Waals surface area contributed by atoms with Crippen molar-refractivity contribution in [2.24, 2.45) is 0 Å². The van der Waals surface area contributed by atoms with Gasteiger partial charge in [0.25, 0.3) is 0 Å². The predicted octanol–water partition coefficient (Wildman–Crippen LogP) is 3.56. The molecule has 0 aliphatic carbocycles. The van der Waals surface area contributed by atoms with Gasteiger partial charge in [-0.25, -0.2) is 0 Å². The average Bonchev–Trinajstić information content (AvgIpc) is 2.05. The van der Waals surface area contributed by atoms with Crippen LogP contribution in [0, 0.1) is 0 Å². The zero-order valence-electron chi connectivity index (χ0n) is 8.91. The molecule has 0 aromatic heterocycles. The third-order valence-corrected chi connectivity index (χ3v) is 5.03. The van der Waals surface area contributed by atoms with E-state index >= 15 is 0 Å². The quantitative estimate of drug-likeness (QED) is 0.464. The van der Waals surface area contributed by atoms with E-state index < -0.39 is 6.49 Å². The minimum absolute atomic E-state index is 0.670. The molecule has 0 aliphatic heterocycles. The normalized spacial score (nSPS) is 11.9. The molecule has 0 aromatic carbocycles. The summed E-state index contributed by atoms with van der Waals surface area (Å²) in [6.45, 7) is 5.55. The Labute approximate surface area is 87.2 Å². The first-order chi connectivity index (χ1) is 6.18.